The zero-order valence-corrected chi connectivity index (χ0v) is 18.2. The van der Waals surface area contributed by atoms with E-state index in [9.17, 15) is 0 Å². The Morgan fingerprint density at radius 1 is 0.560 bits per heavy atom. The lowest BCUT2D eigenvalue weighted by atomic mass is 9.75. The van der Waals surface area contributed by atoms with E-state index in [1.165, 1.54) is 0 Å². The van der Waals surface area contributed by atoms with Crippen molar-refractivity contribution in [3.63, 3.8) is 0 Å². The van der Waals surface area contributed by atoms with Crippen LogP contribution in [0.3, 0.4) is 0 Å². The van der Waals surface area contributed by atoms with E-state index in [1.807, 2.05) is 0 Å². The van der Waals surface area contributed by atoms with Crippen molar-refractivity contribution in [1.82, 2.24) is 4.90 Å². The van der Waals surface area contributed by atoms with E-state index in [4.69, 9.17) is 9.47 Å². The third-order valence-electron chi connectivity index (χ3n) is 7.84. The SMILES string of the molecule is CCC1OC(N(CC)C2OC(CC)C(C)C(C)C2C)C(C)C(C)C1C. The Balaban J connectivity index is 2.25. The van der Waals surface area contributed by atoms with Gasteiger partial charge < -0.3 is 9.47 Å². The molecule has 0 aliphatic carbocycles. The summed E-state index contributed by atoms with van der Waals surface area (Å²) in [6, 6.07) is 0. The van der Waals surface area contributed by atoms with Gasteiger partial charge in [0.2, 0.25) is 0 Å². The van der Waals surface area contributed by atoms with Crippen molar-refractivity contribution < 1.29 is 9.47 Å². The van der Waals surface area contributed by atoms with Crippen LogP contribution in [0.25, 0.3) is 0 Å². The Kier molecular flexibility index (Phi) is 7.38. The topological polar surface area (TPSA) is 21.7 Å². The van der Waals surface area contributed by atoms with Crippen LogP contribution in [-0.4, -0.2) is 36.1 Å². The van der Waals surface area contributed by atoms with Crippen LogP contribution in [-0.2, 0) is 9.47 Å². The quantitative estimate of drug-likeness (QED) is 0.661. The zero-order chi connectivity index (χ0) is 18.9. The maximum absolute atomic E-state index is 6.66. The molecule has 0 aromatic carbocycles. The predicted molar refractivity (Wildman–Crippen MR) is 105 cm³/mol. The third-order valence-corrected chi connectivity index (χ3v) is 7.84. The van der Waals surface area contributed by atoms with Gasteiger partial charge in [-0.25, -0.2) is 0 Å². The first-order valence-electron chi connectivity index (χ1n) is 10.8. The molecule has 2 aliphatic rings. The molecular formula is C22H43NO2. The summed E-state index contributed by atoms with van der Waals surface area (Å²) in [5, 5.41) is 0. The van der Waals surface area contributed by atoms with Crippen LogP contribution < -0.4 is 0 Å². The fourth-order valence-electron chi connectivity index (χ4n) is 5.21. The predicted octanol–water partition coefficient (Wildman–Crippen LogP) is 5.39. The molecule has 2 rings (SSSR count). The zero-order valence-electron chi connectivity index (χ0n) is 18.2. The van der Waals surface area contributed by atoms with Crippen molar-refractivity contribution in [3.8, 4) is 0 Å². The minimum Gasteiger partial charge on any atom is -0.359 e. The lowest BCUT2D eigenvalue weighted by molar-refractivity contribution is -0.271. The summed E-state index contributed by atoms with van der Waals surface area (Å²) in [4.78, 5) is 2.53. The molecule has 10 unspecified atom stereocenters. The van der Waals surface area contributed by atoms with Crippen molar-refractivity contribution in [2.24, 2.45) is 35.5 Å². The van der Waals surface area contributed by atoms with Crippen molar-refractivity contribution in [2.75, 3.05) is 6.54 Å². The lowest BCUT2D eigenvalue weighted by Gasteiger charge is -2.53. The molecule has 148 valence electrons. The maximum atomic E-state index is 6.66. The summed E-state index contributed by atoms with van der Waals surface area (Å²) in [5.74, 6) is 3.67. The largest absolute Gasteiger partial charge is 0.359 e. The Bertz CT molecular complexity index is 375. The summed E-state index contributed by atoms with van der Waals surface area (Å²) >= 11 is 0. The molecule has 0 saturated carbocycles. The molecule has 0 spiro atoms. The van der Waals surface area contributed by atoms with E-state index in [-0.39, 0.29) is 12.5 Å². The van der Waals surface area contributed by atoms with Crippen LogP contribution in [0.5, 0.6) is 0 Å². The van der Waals surface area contributed by atoms with Crippen LogP contribution in [0.4, 0.5) is 0 Å². The summed E-state index contributed by atoms with van der Waals surface area (Å²) < 4.78 is 13.3. The van der Waals surface area contributed by atoms with Crippen LogP contribution in [0.2, 0.25) is 0 Å². The van der Waals surface area contributed by atoms with Crippen molar-refractivity contribution in [1.29, 1.82) is 0 Å². The normalized spacial score (nSPS) is 48.7. The van der Waals surface area contributed by atoms with Crippen molar-refractivity contribution in [3.05, 3.63) is 0 Å². The second-order valence-corrected chi connectivity index (χ2v) is 8.93. The molecule has 2 fully saturated rings. The highest BCUT2D eigenvalue weighted by molar-refractivity contribution is 4.91. The lowest BCUT2D eigenvalue weighted by Crippen LogP contribution is -2.60. The molecule has 0 aromatic heterocycles. The van der Waals surface area contributed by atoms with E-state index in [2.05, 4.69) is 67.2 Å². The highest BCUT2D eigenvalue weighted by atomic mass is 16.5. The molecule has 0 bridgehead atoms. The Morgan fingerprint density at radius 3 is 1.20 bits per heavy atom. The third kappa shape index (κ3) is 3.94. The molecule has 25 heavy (non-hydrogen) atoms. The molecule has 0 N–H and O–H groups in total. The van der Waals surface area contributed by atoms with Crippen molar-refractivity contribution in [2.45, 2.75) is 99.8 Å². The van der Waals surface area contributed by atoms with E-state index < -0.39 is 0 Å². The van der Waals surface area contributed by atoms with Crippen LogP contribution in [0.1, 0.15) is 75.2 Å². The molecule has 3 heteroatoms. The first-order chi connectivity index (χ1) is 11.8. The smallest absolute Gasteiger partial charge is 0.115 e. The molecule has 2 heterocycles. The van der Waals surface area contributed by atoms with Crippen LogP contribution in [0, 0.1) is 35.5 Å². The minimum atomic E-state index is 0.173. The van der Waals surface area contributed by atoms with Gasteiger partial charge in [0.05, 0.1) is 12.2 Å². The number of hydrogen-bond acceptors (Lipinski definition) is 3. The Morgan fingerprint density at radius 2 is 0.920 bits per heavy atom. The number of ether oxygens (including phenoxy) is 2. The maximum Gasteiger partial charge on any atom is 0.115 e. The summed E-state index contributed by atoms with van der Waals surface area (Å²) in [6.45, 7) is 22.0. The van der Waals surface area contributed by atoms with Crippen LogP contribution >= 0.6 is 0 Å². The average molecular weight is 354 g/mol. The van der Waals surface area contributed by atoms with Gasteiger partial charge in [-0.15, -0.1) is 0 Å². The Hall–Kier alpha value is -0.120. The van der Waals surface area contributed by atoms with Gasteiger partial charge in [-0.1, -0.05) is 62.3 Å². The first kappa shape index (κ1) is 21.2. The van der Waals surface area contributed by atoms with Gasteiger partial charge in [0.1, 0.15) is 12.5 Å². The second-order valence-electron chi connectivity index (χ2n) is 8.93. The van der Waals surface area contributed by atoms with Gasteiger partial charge >= 0.3 is 0 Å². The average Bonchev–Trinajstić information content (AvgIpc) is 2.61. The standard InChI is InChI=1S/C22H43NO2/c1-10-19-15(6)13(4)17(8)21(24-19)23(12-3)22-18(9)14(5)16(7)20(11-2)25-22/h13-22H,10-12H2,1-9H3. The van der Waals surface area contributed by atoms with E-state index in [0.29, 0.717) is 47.7 Å². The molecular weight excluding hydrogens is 310 g/mol. The van der Waals surface area contributed by atoms with Crippen molar-refractivity contribution >= 4 is 0 Å². The van der Waals surface area contributed by atoms with E-state index in [1.54, 1.807) is 0 Å². The first-order valence-corrected chi connectivity index (χ1v) is 10.8. The molecule has 0 aromatic rings. The molecule has 10 atom stereocenters. The molecule has 0 amide bonds. The van der Waals surface area contributed by atoms with Gasteiger partial charge in [0, 0.05) is 6.54 Å². The number of hydrogen-bond donors (Lipinski definition) is 0. The fourth-order valence-corrected chi connectivity index (χ4v) is 5.21. The van der Waals surface area contributed by atoms with E-state index >= 15 is 0 Å². The second kappa shape index (κ2) is 8.71. The summed E-state index contributed by atoms with van der Waals surface area (Å²) in [7, 11) is 0. The molecule has 0 radical (unpaired) electrons. The highest BCUT2D eigenvalue weighted by Crippen LogP contribution is 2.42. The van der Waals surface area contributed by atoms with Gasteiger partial charge in [0.25, 0.3) is 0 Å². The van der Waals surface area contributed by atoms with E-state index in [0.717, 1.165) is 19.4 Å². The van der Waals surface area contributed by atoms with Crippen LogP contribution in [0.15, 0.2) is 0 Å². The van der Waals surface area contributed by atoms with Gasteiger partial charge in [-0.05, 0) is 48.3 Å². The van der Waals surface area contributed by atoms with Gasteiger partial charge in [0.15, 0.2) is 0 Å². The summed E-state index contributed by atoms with van der Waals surface area (Å²) in [6.07, 6.45) is 3.26. The monoisotopic (exact) mass is 353 g/mol. The summed E-state index contributed by atoms with van der Waals surface area (Å²) in [5.41, 5.74) is 0. The molecule has 2 saturated heterocycles. The molecule has 2 aliphatic heterocycles. The minimum absolute atomic E-state index is 0.173. The molecule has 3 nitrogen and oxygen atoms in total. The van der Waals surface area contributed by atoms with Gasteiger partial charge in [-0.2, -0.15) is 0 Å². The number of nitrogens with zero attached hydrogens (tertiary/aromatic N) is 1. The highest BCUT2D eigenvalue weighted by Gasteiger charge is 2.47. The van der Waals surface area contributed by atoms with Gasteiger partial charge in [-0.3, -0.25) is 4.90 Å². The number of rotatable bonds is 5. The Labute approximate surface area is 156 Å². The fraction of sp³-hybridized carbons (Fsp3) is 1.00.